The van der Waals surface area contributed by atoms with Gasteiger partial charge < -0.3 is 4.90 Å². The Kier molecular flexibility index (Phi) is 3.90. The fourth-order valence-corrected chi connectivity index (χ4v) is 4.01. The van der Waals surface area contributed by atoms with Crippen LogP contribution in [0, 0.1) is 11.3 Å². The molecule has 6 nitrogen and oxygen atoms in total. The number of hydrogen-bond acceptors (Lipinski definition) is 6. The summed E-state index contributed by atoms with van der Waals surface area (Å²) in [5, 5.41) is 9.68. The van der Waals surface area contributed by atoms with Crippen molar-refractivity contribution in [3.63, 3.8) is 0 Å². The van der Waals surface area contributed by atoms with E-state index < -0.39 is 0 Å². The maximum absolute atomic E-state index is 13.0. The predicted molar refractivity (Wildman–Crippen MR) is 104 cm³/mol. The molecule has 0 spiro atoms. The molecular weight excluding hydrogens is 346 g/mol. The Morgan fingerprint density at radius 3 is 2.65 bits per heavy atom. The van der Waals surface area contributed by atoms with Crippen LogP contribution in [0.3, 0.4) is 0 Å². The Labute approximate surface area is 153 Å². The highest BCUT2D eigenvalue weighted by molar-refractivity contribution is 7.25. The van der Waals surface area contributed by atoms with Crippen molar-refractivity contribution in [1.82, 2.24) is 14.5 Å². The van der Waals surface area contributed by atoms with E-state index in [4.69, 9.17) is 5.26 Å². The fourth-order valence-electron chi connectivity index (χ4n) is 2.96. The van der Waals surface area contributed by atoms with Gasteiger partial charge in [0.1, 0.15) is 15.9 Å². The van der Waals surface area contributed by atoms with Crippen molar-refractivity contribution >= 4 is 37.5 Å². The van der Waals surface area contributed by atoms with E-state index in [1.54, 1.807) is 12.5 Å². The second-order valence-electron chi connectivity index (χ2n) is 6.11. The third kappa shape index (κ3) is 2.52. The van der Waals surface area contributed by atoms with Crippen LogP contribution in [-0.2, 0) is 6.42 Å². The Morgan fingerprint density at radius 2 is 1.96 bits per heavy atom. The lowest BCUT2D eigenvalue weighted by Gasteiger charge is -2.13. The summed E-state index contributed by atoms with van der Waals surface area (Å²) >= 11 is 1.36. The maximum Gasteiger partial charge on any atom is 0.275 e. The fraction of sp³-hybridized carbons (Fsp3) is 0.158. The SMILES string of the molecule is CN(C)c1ccnc2sc3c(=O)n(-c4ccc(CC#N)cc4)cnc3c12. The largest absolute Gasteiger partial charge is 0.377 e. The van der Waals surface area contributed by atoms with E-state index in [0.29, 0.717) is 16.6 Å². The number of pyridine rings is 1. The Morgan fingerprint density at radius 1 is 1.19 bits per heavy atom. The van der Waals surface area contributed by atoms with Crippen molar-refractivity contribution in [2.75, 3.05) is 19.0 Å². The highest BCUT2D eigenvalue weighted by Crippen LogP contribution is 2.35. The van der Waals surface area contributed by atoms with Gasteiger partial charge in [-0.15, -0.1) is 11.3 Å². The van der Waals surface area contributed by atoms with Crippen LogP contribution in [0.2, 0.25) is 0 Å². The van der Waals surface area contributed by atoms with Crippen LogP contribution in [0.4, 0.5) is 5.69 Å². The lowest BCUT2D eigenvalue weighted by molar-refractivity contribution is 0.966. The van der Waals surface area contributed by atoms with Crippen molar-refractivity contribution < 1.29 is 0 Å². The van der Waals surface area contributed by atoms with Gasteiger partial charge in [0.05, 0.1) is 34.8 Å². The molecule has 1 aromatic carbocycles. The average Bonchev–Trinajstić information content (AvgIpc) is 3.03. The standard InChI is InChI=1S/C19H15N5OS/c1-23(2)14-8-10-21-18-15(14)16-17(26-18)19(25)24(11-22-16)13-5-3-12(4-6-13)7-9-20/h3-6,8,10-11H,7H2,1-2H3. The summed E-state index contributed by atoms with van der Waals surface area (Å²) in [6.07, 6.45) is 3.66. The molecule has 0 aliphatic carbocycles. The molecule has 0 atom stereocenters. The zero-order valence-corrected chi connectivity index (χ0v) is 15.1. The molecule has 0 saturated heterocycles. The lowest BCUT2D eigenvalue weighted by atomic mass is 10.1. The molecule has 3 aromatic heterocycles. The minimum Gasteiger partial charge on any atom is -0.377 e. The number of hydrogen-bond donors (Lipinski definition) is 0. The van der Waals surface area contributed by atoms with E-state index >= 15 is 0 Å². The summed E-state index contributed by atoms with van der Waals surface area (Å²) in [5.74, 6) is 0. The van der Waals surface area contributed by atoms with Crippen molar-refractivity contribution in [2.45, 2.75) is 6.42 Å². The van der Waals surface area contributed by atoms with Crippen molar-refractivity contribution in [3.05, 3.63) is 58.8 Å². The summed E-state index contributed by atoms with van der Waals surface area (Å²) in [6, 6.07) is 11.4. The van der Waals surface area contributed by atoms with E-state index in [0.717, 1.165) is 27.2 Å². The highest BCUT2D eigenvalue weighted by atomic mass is 32.1. The number of thiophene rings is 1. The monoisotopic (exact) mass is 361 g/mol. The molecule has 0 amide bonds. The van der Waals surface area contributed by atoms with Gasteiger partial charge in [-0.3, -0.25) is 9.36 Å². The van der Waals surface area contributed by atoms with Crippen LogP contribution < -0.4 is 10.5 Å². The van der Waals surface area contributed by atoms with Gasteiger partial charge in [0, 0.05) is 20.3 Å². The minimum atomic E-state index is -0.115. The van der Waals surface area contributed by atoms with Crippen LogP contribution in [0.5, 0.6) is 0 Å². The average molecular weight is 361 g/mol. The molecule has 26 heavy (non-hydrogen) atoms. The van der Waals surface area contributed by atoms with Crippen LogP contribution in [-0.4, -0.2) is 28.6 Å². The Hall–Kier alpha value is -3.24. The van der Waals surface area contributed by atoms with E-state index in [1.807, 2.05) is 49.3 Å². The van der Waals surface area contributed by atoms with Gasteiger partial charge in [0.15, 0.2) is 0 Å². The van der Waals surface area contributed by atoms with Crippen LogP contribution in [0.15, 0.2) is 47.7 Å². The minimum absolute atomic E-state index is 0.115. The van der Waals surface area contributed by atoms with Crippen molar-refractivity contribution in [1.29, 1.82) is 5.26 Å². The Balaban J connectivity index is 1.93. The lowest BCUT2D eigenvalue weighted by Crippen LogP contribution is -2.17. The second-order valence-corrected chi connectivity index (χ2v) is 7.10. The number of aromatic nitrogens is 3. The number of nitrogens with zero attached hydrogens (tertiary/aromatic N) is 5. The zero-order valence-electron chi connectivity index (χ0n) is 14.3. The van der Waals surface area contributed by atoms with E-state index in [1.165, 1.54) is 15.9 Å². The molecule has 0 bridgehead atoms. The van der Waals surface area contributed by atoms with Crippen LogP contribution in [0.1, 0.15) is 5.56 Å². The van der Waals surface area contributed by atoms with Crippen molar-refractivity contribution in [3.8, 4) is 11.8 Å². The number of nitriles is 1. The van der Waals surface area contributed by atoms with Crippen LogP contribution >= 0.6 is 11.3 Å². The van der Waals surface area contributed by atoms with Crippen LogP contribution in [0.25, 0.3) is 26.1 Å². The van der Waals surface area contributed by atoms with Gasteiger partial charge in [-0.25, -0.2) is 9.97 Å². The quantitative estimate of drug-likeness (QED) is 0.560. The topological polar surface area (TPSA) is 74.8 Å². The smallest absolute Gasteiger partial charge is 0.275 e. The van der Waals surface area contributed by atoms with Gasteiger partial charge >= 0.3 is 0 Å². The molecule has 0 unspecified atom stereocenters. The maximum atomic E-state index is 13.0. The molecule has 3 heterocycles. The van der Waals surface area contributed by atoms with E-state index in [2.05, 4.69) is 16.0 Å². The summed E-state index contributed by atoms with van der Waals surface area (Å²) in [7, 11) is 3.92. The second kappa shape index (κ2) is 6.24. The first-order valence-corrected chi connectivity index (χ1v) is 8.84. The molecule has 4 aromatic rings. The molecule has 0 radical (unpaired) electrons. The number of rotatable bonds is 3. The predicted octanol–water partition coefficient (Wildman–Crippen LogP) is 3.13. The zero-order chi connectivity index (χ0) is 18.3. The van der Waals surface area contributed by atoms with Gasteiger partial charge in [0.25, 0.3) is 5.56 Å². The molecule has 128 valence electrons. The highest BCUT2D eigenvalue weighted by Gasteiger charge is 2.16. The molecule has 0 aliphatic rings. The van der Waals surface area contributed by atoms with Crippen molar-refractivity contribution in [2.24, 2.45) is 0 Å². The molecule has 0 fully saturated rings. The number of anilines is 1. The summed E-state index contributed by atoms with van der Waals surface area (Å²) in [6.45, 7) is 0. The normalized spacial score (nSPS) is 11.0. The third-order valence-electron chi connectivity index (χ3n) is 4.24. The molecule has 7 heteroatoms. The van der Waals surface area contributed by atoms with Gasteiger partial charge in [0.2, 0.25) is 0 Å². The Bertz CT molecular complexity index is 1220. The first-order valence-electron chi connectivity index (χ1n) is 8.02. The summed E-state index contributed by atoms with van der Waals surface area (Å²) in [4.78, 5) is 24.8. The first-order chi connectivity index (χ1) is 12.6. The van der Waals surface area contributed by atoms with Gasteiger partial charge in [-0.1, -0.05) is 12.1 Å². The first kappa shape index (κ1) is 16.2. The molecule has 4 rings (SSSR count). The molecule has 0 N–H and O–H groups in total. The number of benzene rings is 1. The summed E-state index contributed by atoms with van der Waals surface area (Å²) in [5.41, 5.74) is 3.20. The van der Waals surface area contributed by atoms with E-state index in [9.17, 15) is 4.79 Å². The van der Waals surface area contributed by atoms with E-state index in [-0.39, 0.29) is 5.56 Å². The van der Waals surface area contributed by atoms with Gasteiger partial charge in [-0.2, -0.15) is 5.26 Å². The summed E-state index contributed by atoms with van der Waals surface area (Å²) < 4.78 is 2.12. The molecular formula is C19H15N5OS. The number of fused-ring (bicyclic) bond motifs is 3. The molecule has 0 saturated carbocycles. The van der Waals surface area contributed by atoms with Gasteiger partial charge in [-0.05, 0) is 23.8 Å². The third-order valence-corrected chi connectivity index (χ3v) is 5.31. The molecule has 0 aliphatic heterocycles.